The van der Waals surface area contributed by atoms with E-state index in [1.54, 1.807) is 25.2 Å². The Bertz CT molecular complexity index is 516. The standard InChI is InChI=1S/C16H23NO4.C2H6O/c1-4-7-17(5-2)15(18)10-12-8-13(16(19)20)11-14(9-12)21-6-3;1-3-2/h8-9,11H,4-7,10H2,1-3H3,(H,19,20);1-2H3. The van der Waals surface area contributed by atoms with Crippen molar-refractivity contribution < 1.29 is 24.2 Å². The molecule has 1 N–H and O–H groups in total. The number of carboxylic acids is 1. The van der Waals surface area contributed by atoms with Crippen LogP contribution in [0.1, 0.15) is 43.1 Å². The number of benzene rings is 1. The first-order valence-electron chi connectivity index (χ1n) is 8.11. The van der Waals surface area contributed by atoms with Crippen LogP contribution in [0.15, 0.2) is 18.2 Å². The lowest BCUT2D eigenvalue weighted by molar-refractivity contribution is -0.130. The Kier molecular flexibility index (Phi) is 11.3. The van der Waals surface area contributed by atoms with Gasteiger partial charge in [0, 0.05) is 27.3 Å². The number of likely N-dealkylation sites (N-methyl/N-ethyl adjacent to an activating group) is 1. The number of aromatic carboxylic acids is 1. The Morgan fingerprint density at radius 3 is 2.21 bits per heavy atom. The van der Waals surface area contributed by atoms with Crippen molar-refractivity contribution in [2.75, 3.05) is 33.9 Å². The summed E-state index contributed by atoms with van der Waals surface area (Å²) in [5.74, 6) is -0.533. The molecule has 0 spiro atoms. The number of carbonyl (C=O) groups is 2. The molecule has 136 valence electrons. The molecule has 24 heavy (non-hydrogen) atoms. The first-order valence-corrected chi connectivity index (χ1v) is 8.11. The molecule has 1 aromatic carbocycles. The summed E-state index contributed by atoms with van der Waals surface area (Å²) in [4.78, 5) is 25.1. The molecule has 1 aromatic rings. The fraction of sp³-hybridized carbons (Fsp3) is 0.556. The number of hydrogen-bond acceptors (Lipinski definition) is 4. The number of rotatable bonds is 8. The van der Waals surface area contributed by atoms with Crippen LogP contribution in [-0.4, -0.2) is 55.8 Å². The van der Waals surface area contributed by atoms with Gasteiger partial charge in [0.15, 0.2) is 0 Å². The van der Waals surface area contributed by atoms with E-state index < -0.39 is 5.97 Å². The average molecular weight is 339 g/mol. The van der Waals surface area contributed by atoms with Gasteiger partial charge in [-0.15, -0.1) is 0 Å². The zero-order valence-electron chi connectivity index (χ0n) is 15.3. The van der Waals surface area contributed by atoms with Gasteiger partial charge in [0.05, 0.1) is 18.6 Å². The molecule has 0 atom stereocenters. The highest BCUT2D eigenvalue weighted by molar-refractivity contribution is 5.89. The van der Waals surface area contributed by atoms with Gasteiger partial charge in [-0.3, -0.25) is 4.79 Å². The summed E-state index contributed by atoms with van der Waals surface area (Å²) in [5.41, 5.74) is 0.806. The second-order valence-electron chi connectivity index (χ2n) is 5.16. The van der Waals surface area contributed by atoms with Gasteiger partial charge in [-0.2, -0.15) is 0 Å². The van der Waals surface area contributed by atoms with Crippen LogP contribution < -0.4 is 4.74 Å². The van der Waals surface area contributed by atoms with Crippen molar-refractivity contribution in [1.82, 2.24) is 4.90 Å². The number of carbonyl (C=O) groups excluding carboxylic acids is 1. The normalized spacial score (nSPS) is 9.71. The molecule has 0 bridgehead atoms. The lowest BCUT2D eigenvalue weighted by Crippen LogP contribution is -2.32. The topological polar surface area (TPSA) is 76.1 Å². The largest absolute Gasteiger partial charge is 0.494 e. The van der Waals surface area contributed by atoms with Crippen molar-refractivity contribution in [3.8, 4) is 5.75 Å². The maximum absolute atomic E-state index is 12.2. The first kappa shape index (κ1) is 21.9. The molecule has 1 amide bonds. The van der Waals surface area contributed by atoms with Crippen LogP contribution in [-0.2, 0) is 16.0 Å². The van der Waals surface area contributed by atoms with E-state index in [9.17, 15) is 9.59 Å². The van der Waals surface area contributed by atoms with E-state index in [1.165, 1.54) is 12.1 Å². The van der Waals surface area contributed by atoms with Crippen LogP contribution in [0.2, 0.25) is 0 Å². The molecule has 6 nitrogen and oxygen atoms in total. The summed E-state index contributed by atoms with van der Waals surface area (Å²) in [6, 6.07) is 4.74. The molecule has 6 heteroatoms. The highest BCUT2D eigenvalue weighted by Gasteiger charge is 2.14. The number of methoxy groups -OCH3 is 1. The third kappa shape index (κ3) is 7.97. The molecule has 0 saturated heterocycles. The second kappa shape index (κ2) is 12.4. The van der Waals surface area contributed by atoms with E-state index in [2.05, 4.69) is 4.74 Å². The lowest BCUT2D eigenvalue weighted by atomic mass is 10.1. The summed E-state index contributed by atoms with van der Waals surface area (Å²) in [6.07, 6.45) is 1.09. The summed E-state index contributed by atoms with van der Waals surface area (Å²) in [7, 11) is 3.25. The van der Waals surface area contributed by atoms with Gasteiger partial charge in [0.2, 0.25) is 5.91 Å². The summed E-state index contributed by atoms with van der Waals surface area (Å²) < 4.78 is 9.61. The fourth-order valence-corrected chi connectivity index (χ4v) is 2.15. The number of hydrogen-bond donors (Lipinski definition) is 1. The van der Waals surface area contributed by atoms with Crippen LogP contribution in [0.3, 0.4) is 0 Å². The van der Waals surface area contributed by atoms with Gasteiger partial charge in [0.25, 0.3) is 0 Å². The SMILES string of the molecule is CCCN(CC)C(=O)Cc1cc(OCC)cc(C(=O)O)c1.COC. The summed E-state index contributed by atoms with van der Waals surface area (Å²) >= 11 is 0. The van der Waals surface area contributed by atoms with E-state index in [0.29, 0.717) is 31.0 Å². The smallest absolute Gasteiger partial charge is 0.335 e. The second-order valence-corrected chi connectivity index (χ2v) is 5.16. The van der Waals surface area contributed by atoms with Crippen molar-refractivity contribution in [3.05, 3.63) is 29.3 Å². The average Bonchev–Trinajstić information content (AvgIpc) is 2.53. The Labute approximate surface area is 144 Å². The highest BCUT2D eigenvalue weighted by Crippen LogP contribution is 2.19. The zero-order chi connectivity index (χ0) is 18.5. The van der Waals surface area contributed by atoms with Crippen molar-refractivity contribution in [3.63, 3.8) is 0 Å². The Balaban J connectivity index is 0.00000163. The van der Waals surface area contributed by atoms with E-state index >= 15 is 0 Å². The molecule has 0 aliphatic rings. The van der Waals surface area contributed by atoms with Crippen LogP contribution in [0, 0.1) is 0 Å². The van der Waals surface area contributed by atoms with Gasteiger partial charge in [0.1, 0.15) is 5.75 Å². The fourth-order valence-electron chi connectivity index (χ4n) is 2.15. The predicted octanol–water partition coefficient (Wildman–Crippen LogP) is 2.85. The Morgan fingerprint density at radius 2 is 1.75 bits per heavy atom. The molecule has 0 saturated carbocycles. The van der Waals surface area contributed by atoms with E-state index in [0.717, 1.165) is 6.42 Å². The molecule has 0 aliphatic carbocycles. The van der Waals surface area contributed by atoms with E-state index in [1.807, 2.05) is 20.8 Å². The maximum atomic E-state index is 12.2. The van der Waals surface area contributed by atoms with Crippen molar-refractivity contribution >= 4 is 11.9 Å². The quantitative estimate of drug-likeness (QED) is 0.788. The molecule has 0 unspecified atom stereocenters. The number of ether oxygens (including phenoxy) is 2. The third-order valence-corrected chi connectivity index (χ3v) is 3.11. The highest BCUT2D eigenvalue weighted by atomic mass is 16.5. The maximum Gasteiger partial charge on any atom is 0.335 e. The van der Waals surface area contributed by atoms with Gasteiger partial charge >= 0.3 is 5.97 Å². The molecular weight excluding hydrogens is 310 g/mol. The molecule has 0 fully saturated rings. The van der Waals surface area contributed by atoms with E-state index in [-0.39, 0.29) is 17.9 Å². The van der Waals surface area contributed by atoms with Crippen molar-refractivity contribution in [1.29, 1.82) is 0 Å². The van der Waals surface area contributed by atoms with Crippen LogP contribution in [0.4, 0.5) is 0 Å². The predicted molar refractivity (Wildman–Crippen MR) is 93.8 cm³/mol. The lowest BCUT2D eigenvalue weighted by Gasteiger charge is -2.20. The third-order valence-electron chi connectivity index (χ3n) is 3.11. The van der Waals surface area contributed by atoms with E-state index in [4.69, 9.17) is 9.84 Å². The Morgan fingerprint density at radius 1 is 1.12 bits per heavy atom. The first-order chi connectivity index (χ1) is 11.4. The molecular formula is C18H29NO5. The van der Waals surface area contributed by atoms with Gasteiger partial charge in [-0.05, 0) is 44.0 Å². The van der Waals surface area contributed by atoms with Crippen LogP contribution in [0.5, 0.6) is 5.75 Å². The van der Waals surface area contributed by atoms with Gasteiger partial charge in [-0.25, -0.2) is 4.79 Å². The minimum Gasteiger partial charge on any atom is -0.494 e. The Hall–Kier alpha value is -2.08. The number of nitrogens with zero attached hydrogens (tertiary/aromatic N) is 1. The minimum atomic E-state index is -1.02. The summed E-state index contributed by atoms with van der Waals surface area (Å²) in [6.45, 7) is 7.61. The van der Waals surface area contributed by atoms with Crippen LogP contribution >= 0.6 is 0 Å². The number of amides is 1. The molecule has 0 aromatic heterocycles. The van der Waals surface area contributed by atoms with Gasteiger partial charge < -0.3 is 19.5 Å². The molecule has 0 aliphatic heterocycles. The van der Waals surface area contributed by atoms with Crippen molar-refractivity contribution in [2.45, 2.75) is 33.6 Å². The number of carboxylic acid groups (broad SMARTS) is 1. The monoisotopic (exact) mass is 339 g/mol. The summed E-state index contributed by atoms with van der Waals surface area (Å²) in [5, 5.41) is 9.12. The molecule has 0 radical (unpaired) electrons. The van der Waals surface area contributed by atoms with Gasteiger partial charge in [-0.1, -0.05) is 6.92 Å². The minimum absolute atomic E-state index is 0.00402. The van der Waals surface area contributed by atoms with Crippen LogP contribution in [0.25, 0.3) is 0 Å². The zero-order valence-corrected chi connectivity index (χ0v) is 15.3. The van der Waals surface area contributed by atoms with Crippen molar-refractivity contribution in [2.24, 2.45) is 0 Å². The molecule has 1 rings (SSSR count). The molecule has 0 heterocycles.